The molecule has 1 N–H and O–H groups in total. The number of thioether (sulfide) groups is 1. The molecule has 1 fully saturated rings. The molecule has 0 atom stereocenters. The van der Waals surface area contributed by atoms with Gasteiger partial charge in [-0.25, -0.2) is 0 Å². The van der Waals surface area contributed by atoms with Crippen LogP contribution in [0.3, 0.4) is 0 Å². The molecule has 6 nitrogen and oxygen atoms in total. The monoisotopic (exact) mass is 449 g/mol. The minimum Gasteiger partial charge on any atom is -0.341 e. The van der Waals surface area contributed by atoms with Gasteiger partial charge >= 0.3 is 0 Å². The first-order chi connectivity index (χ1) is 13.0. The van der Waals surface area contributed by atoms with Crippen molar-refractivity contribution in [3.8, 4) is 0 Å². The van der Waals surface area contributed by atoms with Gasteiger partial charge in [0.15, 0.2) is 0 Å². The van der Waals surface area contributed by atoms with Crippen molar-refractivity contribution >= 4 is 45.2 Å². The SMILES string of the molecule is O=C(Cn1cc(Br)ccc1=O)Nc1ccc(CC(=O)N2CCSCC2)cc1. The minimum atomic E-state index is -0.287. The lowest BCUT2D eigenvalue weighted by molar-refractivity contribution is -0.130. The molecule has 0 unspecified atom stereocenters. The summed E-state index contributed by atoms with van der Waals surface area (Å²) in [6.07, 6.45) is 1.95. The van der Waals surface area contributed by atoms with E-state index in [1.165, 1.54) is 10.6 Å². The molecule has 0 radical (unpaired) electrons. The Morgan fingerprint density at radius 3 is 2.48 bits per heavy atom. The van der Waals surface area contributed by atoms with Gasteiger partial charge in [-0.3, -0.25) is 14.4 Å². The van der Waals surface area contributed by atoms with Crippen molar-refractivity contribution in [2.45, 2.75) is 13.0 Å². The Labute approximate surface area is 170 Å². The first kappa shape index (κ1) is 19.7. The number of amides is 2. The van der Waals surface area contributed by atoms with Crippen LogP contribution < -0.4 is 10.9 Å². The summed E-state index contributed by atoms with van der Waals surface area (Å²) < 4.78 is 2.07. The zero-order valence-electron chi connectivity index (χ0n) is 14.7. The maximum atomic E-state index is 12.3. The molecule has 1 aromatic carbocycles. The smallest absolute Gasteiger partial charge is 0.251 e. The van der Waals surface area contributed by atoms with Crippen molar-refractivity contribution in [1.82, 2.24) is 9.47 Å². The second kappa shape index (κ2) is 9.23. The zero-order valence-corrected chi connectivity index (χ0v) is 17.1. The minimum absolute atomic E-state index is 0.0640. The highest BCUT2D eigenvalue weighted by atomic mass is 79.9. The lowest BCUT2D eigenvalue weighted by atomic mass is 10.1. The quantitative estimate of drug-likeness (QED) is 0.760. The summed E-state index contributed by atoms with van der Waals surface area (Å²) in [7, 11) is 0. The molecule has 1 saturated heterocycles. The first-order valence-corrected chi connectivity index (χ1v) is 10.6. The van der Waals surface area contributed by atoms with Gasteiger partial charge in [-0.1, -0.05) is 12.1 Å². The Hall–Kier alpha value is -2.06. The number of aromatic nitrogens is 1. The molecule has 0 aliphatic carbocycles. The van der Waals surface area contributed by atoms with Gasteiger partial charge in [0, 0.05) is 47.0 Å². The Morgan fingerprint density at radius 1 is 1.07 bits per heavy atom. The van der Waals surface area contributed by atoms with Crippen molar-refractivity contribution < 1.29 is 9.59 Å². The highest BCUT2D eigenvalue weighted by molar-refractivity contribution is 9.10. The van der Waals surface area contributed by atoms with E-state index in [1.54, 1.807) is 24.4 Å². The Bertz CT molecular complexity index is 877. The molecule has 0 spiro atoms. The normalized spacial score (nSPS) is 14.0. The molecule has 27 heavy (non-hydrogen) atoms. The number of nitrogens with one attached hydrogen (secondary N) is 1. The van der Waals surface area contributed by atoms with Crippen LogP contribution in [0.4, 0.5) is 5.69 Å². The predicted octanol–water partition coefficient (Wildman–Crippen LogP) is 2.37. The number of carbonyl (C=O) groups excluding carboxylic acids is 2. The molecule has 2 heterocycles. The number of rotatable bonds is 5. The van der Waals surface area contributed by atoms with E-state index in [1.807, 2.05) is 28.8 Å². The number of hydrogen-bond donors (Lipinski definition) is 1. The van der Waals surface area contributed by atoms with Crippen molar-refractivity contribution in [1.29, 1.82) is 0 Å². The molecule has 1 aromatic heterocycles. The number of carbonyl (C=O) groups is 2. The number of benzene rings is 1. The zero-order chi connectivity index (χ0) is 19.2. The van der Waals surface area contributed by atoms with E-state index in [2.05, 4.69) is 21.2 Å². The third-order valence-corrected chi connectivity index (χ3v) is 5.63. The summed E-state index contributed by atoms with van der Waals surface area (Å²) in [5.41, 5.74) is 1.31. The van der Waals surface area contributed by atoms with Crippen LogP contribution in [0, 0.1) is 0 Å². The Balaban J connectivity index is 1.55. The number of nitrogens with zero attached hydrogens (tertiary/aromatic N) is 2. The van der Waals surface area contributed by atoms with E-state index < -0.39 is 0 Å². The van der Waals surface area contributed by atoms with E-state index in [4.69, 9.17) is 0 Å². The average molecular weight is 450 g/mol. The Morgan fingerprint density at radius 2 is 1.78 bits per heavy atom. The van der Waals surface area contributed by atoms with Gasteiger partial charge in [-0.15, -0.1) is 0 Å². The van der Waals surface area contributed by atoms with E-state index in [9.17, 15) is 14.4 Å². The summed E-state index contributed by atoms with van der Waals surface area (Å²) in [4.78, 5) is 38.1. The standard InChI is InChI=1S/C19H20BrN3O3S/c20-15-3-6-18(25)23(12-15)13-17(24)21-16-4-1-14(2-5-16)11-19(26)22-7-9-27-10-8-22/h1-6,12H,7-11,13H2,(H,21,24). The molecular weight excluding hydrogens is 430 g/mol. The molecule has 3 rings (SSSR count). The lowest BCUT2D eigenvalue weighted by Gasteiger charge is -2.26. The summed E-state index contributed by atoms with van der Waals surface area (Å²) in [5, 5.41) is 2.77. The molecule has 1 aliphatic heterocycles. The topological polar surface area (TPSA) is 71.4 Å². The van der Waals surface area contributed by atoms with Gasteiger partial charge in [0.2, 0.25) is 11.8 Å². The molecule has 142 valence electrons. The molecule has 0 bridgehead atoms. The maximum Gasteiger partial charge on any atom is 0.251 e. The fourth-order valence-electron chi connectivity index (χ4n) is 2.79. The highest BCUT2D eigenvalue weighted by Crippen LogP contribution is 2.14. The van der Waals surface area contributed by atoms with Gasteiger partial charge in [-0.05, 0) is 39.7 Å². The van der Waals surface area contributed by atoms with E-state index in [-0.39, 0.29) is 23.9 Å². The number of pyridine rings is 1. The van der Waals surface area contributed by atoms with Crippen LogP contribution in [0.2, 0.25) is 0 Å². The van der Waals surface area contributed by atoms with Gasteiger partial charge in [-0.2, -0.15) is 11.8 Å². The predicted molar refractivity (Wildman–Crippen MR) is 111 cm³/mol. The first-order valence-electron chi connectivity index (χ1n) is 8.61. The van der Waals surface area contributed by atoms with Gasteiger partial charge in [0.05, 0.1) is 6.42 Å². The molecule has 2 amide bonds. The lowest BCUT2D eigenvalue weighted by Crippen LogP contribution is -2.38. The van der Waals surface area contributed by atoms with Crippen molar-refractivity contribution in [3.63, 3.8) is 0 Å². The van der Waals surface area contributed by atoms with Crippen LogP contribution in [0.25, 0.3) is 0 Å². The number of anilines is 1. The molecule has 8 heteroatoms. The van der Waals surface area contributed by atoms with Crippen LogP contribution in [0.1, 0.15) is 5.56 Å². The van der Waals surface area contributed by atoms with E-state index in [0.29, 0.717) is 12.1 Å². The third-order valence-electron chi connectivity index (χ3n) is 4.22. The third kappa shape index (κ3) is 5.71. The van der Waals surface area contributed by atoms with Gasteiger partial charge < -0.3 is 14.8 Å². The van der Waals surface area contributed by atoms with Crippen LogP contribution in [-0.2, 0) is 22.6 Å². The molecule has 0 saturated carbocycles. The highest BCUT2D eigenvalue weighted by Gasteiger charge is 2.16. The van der Waals surface area contributed by atoms with Gasteiger partial charge in [0.1, 0.15) is 6.54 Å². The van der Waals surface area contributed by atoms with Crippen molar-refractivity contribution in [2.24, 2.45) is 0 Å². The average Bonchev–Trinajstić information content (AvgIpc) is 2.67. The largest absolute Gasteiger partial charge is 0.341 e. The fraction of sp³-hybridized carbons (Fsp3) is 0.316. The van der Waals surface area contributed by atoms with E-state index in [0.717, 1.165) is 34.6 Å². The summed E-state index contributed by atoms with van der Waals surface area (Å²) >= 11 is 5.16. The van der Waals surface area contributed by atoms with Crippen molar-refractivity contribution in [3.05, 3.63) is 63.0 Å². The van der Waals surface area contributed by atoms with Crippen LogP contribution >= 0.6 is 27.7 Å². The number of halogens is 1. The van der Waals surface area contributed by atoms with Crippen LogP contribution in [0.15, 0.2) is 51.9 Å². The summed E-state index contributed by atoms with van der Waals surface area (Å²) in [6.45, 7) is 1.56. The summed E-state index contributed by atoms with van der Waals surface area (Å²) in [5.74, 6) is 1.85. The summed E-state index contributed by atoms with van der Waals surface area (Å²) in [6, 6.07) is 10.3. The molecular formula is C19H20BrN3O3S. The molecule has 2 aromatic rings. The second-order valence-corrected chi connectivity index (χ2v) is 8.37. The van der Waals surface area contributed by atoms with Crippen molar-refractivity contribution in [2.75, 3.05) is 29.9 Å². The maximum absolute atomic E-state index is 12.3. The Kier molecular flexibility index (Phi) is 6.73. The second-order valence-electron chi connectivity index (χ2n) is 6.23. The van der Waals surface area contributed by atoms with E-state index >= 15 is 0 Å². The van der Waals surface area contributed by atoms with Crippen LogP contribution in [-0.4, -0.2) is 45.9 Å². The van der Waals surface area contributed by atoms with Gasteiger partial charge in [0.25, 0.3) is 5.56 Å². The number of hydrogen-bond acceptors (Lipinski definition) is 4. The molecule has 1 aliphatic rings. The fourth-order valence-corrected chi connectivity index (χ4v) is 4.07. The van der Waals surface area contributed by atoms with Crippen LogP contribution in [0.5, 0.6) is 0 Å².